The number of alkyl halides is 3. The van der Waals surface area contributed by atoms with Crippen LogP contribution < -0.4 is 10.1 Å². The van der Waals surface area contributed by atoms with Crippen LogP contribution in [0.15, 0.2) is 30.9 Å². The summed E-state index contributed by atoms with van der Waals surface area (Å²) in [4.78, 5) is 28.6. The highest BCUT2D eigenvalue weighted by Gasteiger charge is 2.30. The number of hydrogen-bond donors (Lipinski definition) is 1. The van der Waals surface area contributed by atoms with Crippen LogP contribution in [0, 0.1) is 6.92 Å². The van der Waals surface area contributed by atoms with Gasteiger partial charge in [-0.1, -0.05) is 6.42 Å². The monoisotopic (exact) mass is 518 g/mol. The van der Waals surface area contributed by atoms with E-state index in [-0.39, 0.29) is 18.5 Å². The highest BCUT2D eigenvalue weighted by atomic mass is 19.4. The molecule has 8 nitrogen and oxygen atoms in total. The van der Waals surface area contributed by atoms with Gasteiger partial charge in [0.05, 0.1) is 18.3 Å². The molecule has 0 aliphatic carbocycles. The number of halogens is 3. The first kappa shape index (κ1) is 26.7. The smallest absolute Gasteiger partial charge is 0.389 e. The standard InChI is InChI=1S/C26H33F3N6O2/c1-4-35-18(3)20-14-21(31-15-17(20)2)22-16-34-12-11-30-23(34)24(33-22)37-13-7-5-6-8-19(32-25(35)36)9-10-26(27,28)29/h11-12,14-16,18-19H,4-10,13H2,1-3H3,(H,32,36)/t18?,19-/m1/s1. The lowest BCUT2D eigenvalue weighted by molar-refractivity contribution is -0.136. The minimum atomic E-state index is -4.27. The van der Waals surface area contributed by atoms with Gasteiger partial charge in [-0.25, -0.2) is 14.8 Å². The zero-order chi connectivity index (χ0) is 26.6. The van der Waals surface area contributed by atoms with E-state index in [1.54, 1.807) is 17.3 Å². The molecular weight excluding hydrogens is 485 g/mol. The Morgan fingerprint density at radius 2 is 2.00 bits per heavy atom. The molecule has 11 heteroatoms. The van der Waals surface area contributed by atoms with Gasteiger partial charge in [-0.2, -0.15) is 13.2 Å². The quantitative estimate of drug-likeness (QED) is 0.470. The van der Waals surface area contributed by atoms with E-state index >= 15 is 0 Å². The third-order valence-corrected chi connectivity index (χ3v) is 6.81. The van der Waals surface area contributed by atoms with Gasteiger partial charge in [0.15, 0.2) is 0 Å². The summed E-state index contributed by atoms with van der Waals surface area (Å²) in [5.74, 6) is 0.402. The van der Waals surface area contributed by atoms with E-state index in [4.69, 9.17) is 9.72 Å². The highest BCUT2D eigenvalue weighted by molar-refractivity contribution is 5.75. The summed E-state index contributed by atoms with van der Waals surface area (Å²) >= 11 is 0. The summed E-state index contributed by atoms with van der Waals surface area (Å²) in [6.45, 7) is 6.48. The second-order valence-corrected chi connectivity index (χ2v) is 9.48. The maximum Gasteiger partial charge on any atom is 0.389 e. The van der Waals surface area contributed by atoms with Crippen molar-refractivity contribution in [2.75, 3.05) is 13.2 Å². The molecule has 0 aromatic carbocycles. The van der Waals surface area contributed by atoms with E-state index in [1.165, 1.54) is 0 Å². The number of carbonyl (C=O) groups excluding carboxylic acids is 1. The molecule has 3 aromatic heterocycles. The summed E-state index contributed by atoms with van der Waals surface area (Å²) in [6, 6.07) is 0.637. The molecule has 2 amide bonds. The number of rotatable bonds is 3. The number of urea groups is 1. The molecule has 3 aromatic rings. The number of imidazole rings is 1. The number of fused-ring (bicyclic) bond motifs is 7. The lowest BCUT2D eigenvalue weighted by Gasteiger charge is -2.32. The lowest BCUT2D eigenvalue weighted by Crippen LogP contribution is -2.46. The molecule has 0 saturated heterocycles. The van der Waals surface area contributed by atoms with E-state index in [0.29, 0.717) is 55.3 Å². The Morgan fingerprint density at radius 3 is 2.76 bits per heavy atom. The van der Waals surface area contributed by atoms with E-state index in [0.717, 1.165) is 17.5 Å². The number of nitrogens with one attached hydrogen (secondary N) is 1. The Morgan fingerprint density at radius 1 is 1.19 bits per heavy atom. The SMILES string of the molecule is CCN1C(=O)N[C@@H](CCC(F)(F)F)CCCCCOc2nc(cn3ccnc23)-c2cc(c(C)cn2)C1C. The normalized spacial score (nSPS) is 19.8. The lowest BCUT2D eigenvalue weighted by atomic mass is 10.0. The number of aryl methyl sites for hydroxylation is 1. The van der Waals surface area contributed by atoms with Crippen molar-refractivity contribution in [2.24, 2.45) is 0 Å². The zero-order valence-corrected chi connectivity index (χ0v) is 21.4. The molecule has 4 heterocycles. The third kappa shape index (κ3) is 6.50. The Balaban J connectivity index is 1.70. The van der Waals surface area contributed by atoms with E-state index < -0.39 is 18.6 Å². The largest absolute Gasteiger partial charge is 0.475 e. The molecule has 0 saturated carbocycles. The average Bonchev–Trinajstić information content (AvgIpc) is 3.33. The molecule has 1 unspecified atom stereocenters. The van der Waals surface area contributed by atoms with E-state index in [9.17, 15) is 18.0 Å². The van der Waals surface area contributed by atoms with Gasteiger partial charge < -0.3 is 19.4 Å². The van der Waals surface area contributed by atoms with Crippen molar-refractivity contribution in [1.29, 1.82) is 0 Å². The Bertz CT molecular complexity index is 1230. The third-order valence-electron chi connectivity index (χ3n) is 6.81. The van der Waals surface area contributed by atoms with Gasteiger partial charge in [-0.3, -0.25) is 4.98 Å². The molecule has 37 heavy (non-hydrogen) atoms. The summed E-state index contributed by atoms with van der Waals surface area (Å²) in [5.41, 5.74) is 3.61. The topological polar surface area (TPSA) is 84.7 Å². The molecule has 1 N–H and O–H groups in total. The minimum absolute atomic E-state index is 0.149. The fourth-order valence-electron chi connectivity index (χ4n) is 4.74. The van der Waals surface area contributed by atoms with Crippen LogP contribution in [0.25, 0.3) is 17.0 Å². The first-order chi connectivity index (χ1) is 17.7. The van der Waals surface area contributed by atoms with Crippen LogP contribution in [0.3, 0.4) is 0 Å². The number of amides is 2. The summed E-state index contributed by atoms with van der Waals surface area (Å²) in [6.07, 6.45) is 4.30. The first-order valence-corrected chi connectivity index (χ1v) is 12.7. The zero-order valence-electron chi connectivity index (χ0n) is 21.4. The first-order valence-electron chi connectivity index (χ1n) is 12.7. The molecule has 0 spiro atoms. The van der Waals surface area contributed by atoms with Crippen LogP contribution in [0.4, 0.5) is 18.0 Å². The maximum atomic E-state index is 13.3. The van der Waals surface area contributed by atoms with E-state index in [2.05, 4.69) is 15.3 Å². The number of ether oxygens (including phenoxy) is 1. The number of hydrogen-bond acceptors (Lipinski definition) is 5. The highest BCUT2D eigenvalue weighted by Crippen LogP contribution is 2.29. The van der Waals surface area contributed by atoms with Gasteiger partial charge in [0.25, 0.3) is 5.88 Å². The molecule has 0 fully saturated rings. The van der Waals surface area contributed by atoms with Crippen LogP contribution in [-0.4, -0.2) is 55.7 Å². The van der Waals surface area contributed by atoms with Crippen molar-refractivity contribution in [3.63, 3.8) is 0 Å². The Kier molecular flexibility index (Phi) is 8.19. The molecule has 200 valence electrons. The second-order valence-electron chi connectivity index (χ2n) is 9.48. The van der Waals surface area contributed by atoms with Crippen molar-refractivity contribution in [3.8, 4) is 17.3 Å². The van der Waals surface area contributed by atoms with Crippen molar-refractivity contribution >= 4 is 11.7 Å². The molecule has 0 radical (unpaired) electrons. The molecule has 1 aliphatic rings. The van der Waals surface area contributed by atoms with Crippen molar-refractivity contribution in [1.82, 2.24) is 29.6 Å². The van der Waals surface area contributed by atoms with Crippen molar-refractivity contribution in [2.45, 2.75) is 77.6 Å². The molecular formula is C26H33F3N6O2. The van der Waals surface area contributed by atoms with Gasteiger partial charge in [-0.15, -0.1) is 0 Å². The summed E-state index contributed by atoms with van der Waals surface area (Å²) < 4.78 is 46.7. The summed E-state index contributed by atoms with van der Waals surface area (Å²) in [5, 5.41) is 2.88. The van der Waals surface area contributed by atoms with E-state index in [1.807, 2.05) is 43.6 Å². The number of aromatic nitrogens is 4. The van der Waals surface area contributed by atoms with Crippen LogP contribution in [-0.2, 0) is 0 Å². The minimum Gasteiger partial charge on any atom is -0.475 e. The number of carbonyl (C=O) groups is 1. The maximum absolute atomic E-state index is 13.3. The summed E-state index contributed by atoms with van der Waals surface area (Å²) in [7, 11) is 0. The van der Waals surface area contributed by atoms with Crippen LogP contribution >= 0.6 is 0 Å². The van der Waals surface area contributed by atoms with Gasteiger partial charge in [0.1, 0.15) is 5.69 Å². The van der Waals surface area contributed by atoms with Gasteiger partial charge >= 0.3 is 12.2 Å². The van der Waals surface area contributed by atoms with Crippen molar-refractivity contribution in [3.05, 3.63) is 42.0 Å². The van der Waals surface area contributed by atoms with Gasteiger partial charge in [0, 0.05) is 43.8 Å². The fourth-order valence-corrected chi connectivity index (χ4v) is 4.74. The predicted molar refractivity (Wildman–Crippen MR) is 133 cm³/mol. The van der Waals surface area contributed by atoms with Crippen molar-refractivity contribution < 1.29 is 22.7 Å². The van der Waals surface area contributed by atoms with Crippen LogP contribution in [0.1, 0.15) is 69.5 Å². The van der Waals surface area contributed by atoms with Gasteiger partial charge in [0.2, 0.25) is 5.65 Å². The van der Waals surface area contributed by atoms with Crippen LogP contribution in [0.2, 0.25) is 0 Å². The number of pyridine rings is 1. The molecule has 2 atom stereocenters. The Hall–Kier alpha value is -3.37. The predicted octanol–water partition coefficient (Wildman–Crippen LogP) is 5.86. The molecule has 4 bridgehead atoms. The second kappa shape index (κ2) is 11.4. The molecule has 1 aliphatic heterocycles. The van der Waals surface area contributed by atoms with Gasteiger partial charge in [-0.05, 0) is 63.6 Å². The molecule has 4 rings (SSSR count). The fraction of sp³-hybridized carbons (Fsp3) is 0.538. The Labute approximate surface area is 214 Å². The average molecular weight is 519 g/mol. The number of nitrogens with zero attached hydrogens (tertiary/aromatic N) is 5. The van der Waals surface area contributed by atoms with Crippen LogP contribution in [0.5, 0.6) is 5.88 Å².